The Morgan fingerprint density at radius 1 is 0.879 bits per heavy atom. The van der Waals surface area contributed by atoms with Crippen molar-refractivity contribution in [2.75, 3.05) is 19.0 Å². The lowest BCUT2D eigenvalue weighted by Gasteiger charge is -2.12. The van der Waals surface area contributed by atoms with Crippen LogP contribution in [0.5, 0.6) is 11.5 Å². The molecule has 0 aliphatic heterocycles. The summed E-state index contributed by atoms with van der Waals surface area (Å²) < 4.78 is 11.0. The minimum Gasteiger partial charge on any atom is -0.493 e. The largest absolute Gasteiger partial charge is 0.493 e. The van der Waals surface area contributed by atoms with Crippen LogP contribution in [0, 0.1) is 13.8 Å². The van der Waals surface area contributed by atoms with E-state index in [-0.39, 0.29) is 29.7 Å². The van der Waals surface area contributed by atoms with Crippen molar-refractivity contribution in [3.63, 3.8) is 0 Å². The SMILES string of the molecule is COc1cc(C=C2C(=O)c3ccccc3C2=O)ccc1OCC(=O)Nc1ccc(C)c(C)c1. The molecule has 33 heavy (non-hydrogen) atoms. The number of anilines is 1. The van der Waals surface area contributed by atoms with Crippen molar-refractivity contribution in [1.82, 2.24) is 0 Å². The fraction of sp³-hybridized carbons (Fsp3) is 0.148. The van der Waals surface area contributed by atoms with Crippen LogP contribution in [0.2, 0.25) is 0 Å². The van der Waals surface area contributed by atoms with Gasteiger partial charge in [0.05, 0.1) is 12.7 Å². The van der Waals surface area contributed by atoms with E-state index >= 15 is 0 Å². The molecular weight excluding hydrogens is 418 g/mol. The van der Waals surface area contributed by atoms with Gasteiger partial charge >= 0.3 is 0 Å². The van der Waals surface area contributed by atoms with E-state index in [1.807, 2.05) is 32.0 Å². The normalized spacial score (nSPS) is 12.4. The number of ether oxygens (including phenoxy) is 2. The second kappa shape index (κ2) is 9.12. The summed E-state index contributed by atoms with van der Waals surface area (Å²) in [4.78, 5) is 37.5. The molecular formula is C27H23NO5. The zero-order valence-corrected chi connectivity index (χ0v) is 18.6. The van der Waals surface area contributed by atoms with E-state index in [1.54, 1.807) is 48.5 Å². The lowest BCUT2D eigenvalue weighted by Crippen LogP contribution is -2.20. The molecule has 4 rings (SSSR count). The van der Waals surface area contributed by atoms with E-state index in [4.69, 9.17) is 9.47 Å². The molecule has 0 radical (unpaired) electrons. The molecule has 0 fully saturated rings. The zero-order valence-electron chi connectivity index (χ0n) is 18.6. The zero-order chi connectivity index (χ0) is 23.5. The number of methoxy groups -OCH3 is 1. The highest BCUT2D eigenvalue weighted by Gasteiger charge is 2.32. The molecule has 1 aliphatic rings. The number of rotatable bonds is 6. The van der Waals surface area contributed by atoms with E-state index in [1.165, 1.54) is 7.11 Å². The van der Waals surface area contributed by atoms with Gasteiger partial charge in [-0.3, -0.25) is 14.4 Å². The van der Waals surface area contributed by atoms with Gasteiger partial charge in [-0.15, -0.1) is 0 Å². The third kappa shape index (κ3) is 4.55. The first kappa shape index (κ1) is 22.0. The second-order valence-corrected chi connectivity index (χ2v) is 7.81. The Morgan fingerprint density at radius 2 is 1.58 bits per heavy atom. The first-order chi connectivity index (χ1) is 15.9. The third-order valence-corrected chi connectivity index (χ3v) is 5.55. The van der Waals surface area contributed by atoms with Crippen molar-refractivity contribution >= 4 is 29.2 Å². The summed E-state index contributed by atoms with van der Waals surface area (Å²) in [5.41, 5.74) is 4.48. The third-order valence-electron chi connectivity index (χ3n) is 5.55. The molecule has 6 heteroatoms. The summed E-state index contributed by atoms with van der Waals surface area (Å²) in [7, 11) is 1.48. The highest BCUT2D eigenvalue weighted by Crippen LogP contribution is 2.32. The summed E-state index contributed by atoms with van der Waals surface area (Å²) in [6.07, 6.45) is 1.55. The fourth-order valence-electron chi connectivity index (χ4n) is 3.62. The maximum absolute atomic E-state index is 12.6. The Kier molecular flexibility index (Phi) is 6.09. The molecule has 0 saturated carbocycles. The minimum absolute atomic E-state index is 0.111. The monoisotopic (exact) mass is 441 g/mol. The summed E-state index contributed by atoms with van der Waals surface area (Å²) in [5, 5.41) is 2.81. The summed E-state index contributed by atoms with van der Waals surface area (Å²) in [5.74, 6) is -0.122. The number of amides is 1. The Balaban J connectivity index is 1.47. The molecule has 1 N–H and O–H groups in total. The van der Waals surface area contributed by atoms with Crippen molar-refractivity contribution in [2.24, 2.45) is 0 Å². The van der Waals surface area contributed by atoms with Gasteiger partial charge < -0.3 is 14.8 Å². The lowest BCUT2D eigenvalue weighted by atomic mass is 10.1. The molecule has 1 amide bonds. The van der Waals surface area contributed by atoms with Gasteiger partial charge in [-0.25, -0.2) is 0 Å². The molecule has 0 bridgehead atoms. The van der Waals surface area contributed by atoms with Gasteiger partial charge in [-0.1, -0.05) is 36.4 Å². The van der Waals surface area contributed by atoms with Crippen molar-refractivity contribution in [1.29, 1.82) is 0 Å². The highest BCUT2D eigenvalue weighted by molar-refractivity contribution is 6.41. The number of hydrogen-bond donors (Lipinski definition) is 1. The fourth-order valence-corrected chi connectivity index (χ4v) is 3.62. The maximum atomic E-state index is 12.6. The van der Waals surface area contributed by atoms with Crippen molar-refractivity contribution in [2.45, 2.75) is 13.8 Å². The minimum atomic E-state index is -0.300. The number of Topliss-reactive ketones (excluding diaryl/α,β-unsaturated/α-hetero) is 2. The highest BCUT2D eigenvalue weighted by atomic mass is 16.5. The molecule has 3 aromatic rings. The molecule has 0 aromatic heterocycles. The van der Waals surface area contributed by atoms with Crippen molar-refractivity contribution in [3.05, 3.63) is 94.1 Å². The molecule has 6 nitrogen and oxygen atoms in total. The first-order valence-electron chi connectivity index (χ1n) is 10.5. The smallest absolute Gasteiger partial charge is 0.262 e. The topological polar surface area (TPSA) is 81.7 Å². The Labute approximate surface area is 191 Å². The molecule has 0 atom stereocenters. The second-order valence-electron chi connectivity index (χ2n) is 7.81. The van der Waals surface area contributed by atoms with E-state index < -0.39 is 0 Å². The van der Waals surface area contributed by atoms with E-state index in [0.29, 0.717) is 33.9 Å². The van der Waals surface area contributed by atoms with Crippen LogP contribution in [-0.4, -0.2) is 31.2 Å². The van der Waals surface area contributed by atoms with Crippen molar-refractivity contribution in [3.8, 4) is 11.5 Å². The summed E-state index contributed by atoms with van der Waals surface area (Å²) >= 11 is 0. The molecule has 0 unspecified atom stereocenters. The van der Waals surface area contributed by atoms with Crippen LogP contribution in [0.3, 0.4) is 0 Å². The van der Waals surface area contributed by atoms with Gasteiger partial charge in [0.15, 0.2) is 29.7 Å². The Hall–Kier alpha value is -4.19. The van der Waals surface area contributed by atoms with Gasteiger partial charge in [-0.05, 0) is 60.9 Å². The van der Waals surface area contributed by atoms with Gasteiger partial charge in [0.1, 0.15) is 0 Å². The number of aryl methyl sites for hydroxylation is 2. The number of ketones is 2. The standard InChI is InChI=1S/C27H23NO5/c1-16-8-10-19(12-17(16)2)28-25(29)15-33-23-11-9-18(14-24(23)32-3)13-22-26(30)20-6-4-5-7-21(20)27(22)31/h4-14H,15H2,1-3H3,(H,28,29). The van der Waals surface area contributed by atoms with E-state index in [0.717, 1.165) is 11.1 Å². The van der Waals surface area contributed by atoms with Crippen LogP contribution in [0.4, 0.5) is 5.69 Å². The first-order valence-corrected chi connectivity index (χ1v) is 10.5. The van der Waals surface area contributed by atoms with Crippen LogP contribution >= 0.6 is 0 Å². The van der Waals surface area contributed by atoms with Crippen LogP contribution in [-0.2, 0) is 4.79 Å². The van der Waals surface area contributed by atoms with Gasteiger partial charge in [0.25, 0.3) is 5.91 Å². The molecule has 0 saturated heterocycles. The average molecular weight is 441 g/mol. The van der Waals surface area contributed by atoms with Gasteiger partial charge in [0.2, 0.25) is 0 Å². The van der Waals surface area contributed by atoms with Crippen LogP contribution in [0.25, 0.3) is 6.08 Å². The summed E-state index contributed by atoms with van der Waals surface area (Å²) in [6.45, 7) is 3.79. The van der Waals surface area contributed by atoms with Gasteiger partial charge in [0, 0.05) is 16.8 Å². The average Bonchev–Trinajstić information content (AvgIpc) is 3.05. The number of benzene rings is 3. The molecule has 1 aliphatic carbocycles. The van der Waals surface area contributed by atoms with E-state index in [9.17, 15) is 14.4 Å². The number of carbonyl (C=O) groups is 3. The quantitative estimate of drug-likeness (QED) is 0.439. The van der Waals surface area contributed by atoms with Crippen LogP contribution < -0.4 is 14.8 Å². The molecule has 166 valence electrons. The summed E-state index contributed by atoms with van der Waals surface area (Å²) in [6, 6.07) is 17.5. The number of carbonyl (C=O) groups excluding carboxylic acids is 3. The predicted octanol–water partition coefficient (Wildman–Crippen LogP) is 4.79. The number of nitrogens with one attached hydrogen (secondary N) is 1. The molecule has 0 spiro atoms. The van der Waals surface area contributed by atoms with Gasteiger partial charge in [-0.2, -0.15) is 0 Å². The number of allylic oxidation sites excluding steroid dienone is 1. The number of hydrogen-bond acceptors (Lipinski definition) is 5. The predicted molar refractivity (Wildman–Crippen MR) is 126 cm³/mol. The lowest BCUT2D eigenvalue weighted by molar-refractivity contribution is -0.118. The Morgan fingerprint density at radius 3 is 2.21 bits per heavy atom. The molecule has 0 heterocycles. The number of fused-ring (bicyclic) bond motifs is 1. The van der Waals surface area contributed by atoms with Crippen LogP contribution in [0.15, 0.2) is 66.2 Å². The van der Waals surface area contributed by atoms with Crippen molar-refractivity contribution < 1.29 is 23.9 Å². The Bertz CT molecular complexity index is 1270. The maximum Gasteiger partial charge on any atom is 0.262 e. The van der Waals surface area contributed by atoms with Crippen LogP contribution in [0.1, 0.15) is 37.4 Å². The van der Waals surface area contributed by atoms with E-state index in [2.05, 4.69) is 5.32 Å². The molecule has 3 aromatic carbocycles.